The van der Waals surface area contributed by atoms with Crippen molar-refractivity contribution in [2.24, 2.45) is 5.84 Å². The second kappa shape index (κ2) is 6.53. The summed E-state index contributed by atoms with van der Waals surface area (Å²) in [6.45, 7) is 4.39. The smallest absolute Gasteiger partial charge is 0.0931 e. The van der Waals surface area contributed by atoms with Crippen LogP contribution in [-0.4, -0.2) is 0 Å². The molecule has 2 rings (SSSR count). The molecule has 1 aromatic carbocycles. The van der Waals surface area contributed by atoms with Crippen molar-refractivity contribution in [1.82, 2.24) is 5.43 Å². The van der Waals surface area contributed by atoms with Crippen molar-refractivity contribution in [1.29, 1.82) is 0 Å². The fraction of sp³-hybridized carbons (Fsp3) is 0.333. The van der Waals surface area contributed by atoms with Gasteiger partial charge in [-0.3, -0.25) is 11.3 Å². The highest BCUT2D eigenvalue weighted by Crippen LogP contribution is 2.27. The molecule has 0 aliphatic rings. The number of halogens is 1. The third kappa shape index (κ3) is 3.80. The minimum Gasteiger partial charge on any atom is -0.271 e. The van der Waals surface area contributed by atoms with E-state index in [9.17, 15) is 0 Å². The lowest BCUT2D eigenvalue weighted by atomic mass is 9.98. The molecule has 1 aromatic heterocycles. The molecule has 3 N–H and O–H groups in total. The van der Waals surface area contributed by atoms with Crippen LogP contribution >= 0.6 is 22.9 Å². The zero-order valence-corrected chi connectivity index (χ0v) is 12.8. The Hall–Kier alpha value is -0.870. The number of thiophene rings is 1. The lowest BCUT2D eigenvalue weighted by Gasteiger charge is -2.16. The summed E-state index contributed by atoms with van der Waals surface area (Å²) in [4.78, 5) is 1.24. The molecule has 1 unspecified atom stereocenters. The topological polar surface area (TPSA) is 38.0 Å². The Kier molecular flexibility index (Phi) is 4.99. The molecular formula is C15H19ClN2S. The van der Waals surface area contributed by atoms with Crippen molar-refractivity contribution in [3.63, 3.8) is 0 Å². The Balaban J connectivity index is 2.12. The van der Waals surface area contributed by atoms with E-state index in [4.69, 9.17) is 17.4 Å². The second-order valence-electron chi connectivity index (χ2n) is 4.95. The zero-order chi connectivity index (χ0) is 13.8. The van der Waals surface area contributed by atoms with Gasteiger partial charge in [-0.15, -0.1) is 11.3 Å². The van der Waals surface area contributed by atoms with Crippen molar-refractivity contribution in [3.8, 4) is 0 Å². The van der Waals surface area contributed by atoms with Gasteiger partial charge in [0.2, 0.25) is 0 Å². The molecule has 0 bridgehead atoms. The van der Waals surface area contributed by atoms with Crippen LogP contribution in [0.1, 0.15) is 41.8 Å². The molecule has 1 heterocycles. The van der Waals surface area contributed by atoms with E-state index >= 15 is 0 Å². The zero-order valence-electron chi connectivity index (χ0n) is 11.2. The van der Waals surface area contributed by atoms with Crippen LogP contribution in [0.3, 0.4) is 0 Å². The van der Waals surface area contributed by atoms with E-state index in [1.165, 1.54) is 16.0 Å². The highest BCUT2D eigenvalue weighted by Gasteiger charge is 2.12. The molecule has 0 fully saturated rings. The Morgan fingerprint density at radius 3 is 2.21 bits per heavy atom. The van der Waals surface area contributed by atoms with Crippen LogP contribution in [-0.2, 0) is 6.42 Å². The van der Waals surface area contributed by atoms with Gasteiger partial charge >= 0.3 is 0 Å². The normalized spacial score (nSPS) is 12.9. The molecule has 2 aromatic rings. The third-order valence-corrected chi connectivity index (χ3v) is 4.49. The minimum absolute atomic E-state index is 0.121. The van der Waals surface area contributed by atoms with Crippen molar-refractivity contribution in [2.45, 2.75) is 32.2 Å². The number of nitrogens with one attached hydrogen (secondary N) is 1. The van der Waals surface area contributed by atoms with E-state index in [0.717, 1.165) is 10.8 Å². The predicted molar refractivity (Wildman–Crippen MR) is 83.6 cm³/mol. The highest BCUT2D eigenvalue weighted by atomic mass is 35.5. The molecule has 4 heteroatoms. The van der Waals surface area contributed by atoms with Gasteiger partial charge < -0.3 is 0 Å². The van der Waals surface area contributed by atoms with Gasteiger partial charge in [-0.1, -0.05) is 49.7 Å². The number of rotatable bonds is 5. The molecule has 0 radical (unpaired) electrons. The Labute approximate surface area is 123 Å². The molecule has 0 saturated carbocycles. The monoisotopic (exact) mass is 294 g/mol. The average Bonchev–Trinajstić information content (AvgIpc) is 2.81. The molecule has 1 atom stereocenters. The van der Waals surface area contributed by atoms with E-state index in [0.29, 0.717) is 5.92 Å². The largest absolute Gasteiger partial charge is 0.271 e. The molecule has 0 spiro atoms. The summed E-state index contributed by atoms with van der Waals surface area (Å²) in [6, 6.07) is 12.7. The first-order valence-electron chi connectivity index (χ1n) is 6.40. The maximum Gasteiger partial charge on any atom is 0.0931 e. The van der Waals surface area contributed by atoms with Crippen LogP contribution in [0, 0.1) is 0 Å². The first-order chi connectivity index (χ1) is 9.10. The van der Waals surface area contributed by atoms with Gasteiger partial charge in [0.15, 0.2) is 0 Å². The summed E-state index contributed by atoms with van der Waals surface area (Å²) in [5.74, 6) is 6.23. The van der Waals surface area contributed by atoms with Crippen LogP contribution in [0.25, 0.3) is 0 Å². The van der Waals surface area contributed by atoms with Gasteiger partial charge in [0.05, 0.1) is 10.4 Å². The van der Waals surface area contributed by atoms with E-state index in [-0.39, 0.29) is 6.04 Å². The first-order valence-corrected chi connectivity index (χ1v) is 7.59. The number of hydrogen-bond acceptors (Lipinski definition) is 3. The molecule has 0 aliphatic heterocycles. The summed E-state index contributed by atoms with van der Waals surface area (Å²) in [6.07, 6.45) is 0.856. The molecule has 19 heavy (non-hydrogen) atoms. The quantitative estimate of drug-likeness (QED) is 0.638. The van der Waals surface area contributed by atoms with Gasteiger partial charge in [-0.2, -0.15) is 0 Å². The first kappa shape index (κ1) is 14.5. The maximum absolute atomic E-state index is 5.96. The van der Waals surface area contributed by atoms with E-state index in [1.807, 2.05) is 6.07 Å². The molecule has 0 aliphatic carbocycles. The van der Waals surface area contributed by atoms with Crippen molar-refractivity contribution >= 4 is 22.9 Å². The van der Waals surface area contributed by atoms with Crippen LogP contribution in [0.5, 0.6) is 0 Å². The lowest BCUT2D eigenvalue weighted by molar-refractivity contribution is 0.555. The van der Waals surface area contributed by atoms with E-state index < -0.39 is 0 Å². The van der Waals surface area contributed by atoms with Crippen LogP contribution in [0.2, 0.25) is 4.34 Å². The Bertz CT molecular complexity index is 519. The molecule has 0 saturated heterocycles. The van der Waals surface area contributed by atoms with Crippen molar-refractivity contribution in [3.05, 3.63) is 56.7 Å². The molecule has 0 amide bonds. The van der Waals surface area contributed by atoms with Crippen LogP contribution < -0.4 is 11.3 Å². The van der Waals surface area contributed by atoms with E-state index in [2.05, 4.69) is 49.6 Å². The van der Waals surface area contributed by atoms with Gasteiger partial charge in [0.25, 0.3) is 0 Å². The van der Waals surface area contributed by atoms with Crippen LogP contribution in [0.15, 0.2) is 36.4 Å². The maximum atomic E-state index is 5.96. The third-order valence-electron chi connectivity index (χ3n) is 3.24. The summed E-state index contributed by atoms with van der Waals surface area (Å²) < 4.78 is 0.820. The van der Waals surface area contributed by atoms with Gasteiger partial charge in [-0.05, 0) is 29.2 Å². The van der Waals surface area contributed by atoms with Gasteiger partial charge in [0.1, 0.15) is 0 Å². The van der Waals surface area contributed by atoms with Crippen LogP contribution in [0.4, 0.5) is 0 Å². The fourth-order valence-electron chi connectivity index (χ4n) is 2.05. The molecule has 102 valence electrons. The number of nitrogens with two attached hydrogens (primary N) is 1. The molecular weight excluding hydrogens is 276 g/mol. The predicted octanol–water partition coefficient (Wildman–Crippen LogP) is 4.27. The average molecular weight is 295 g/mol. The molecule has 2 nitrogen and oxygen atoms in total. The highest BCUT2D eigenvalue weighted by molar-refractivity contribution is 7.16. The summed E-state index contributed by atoms with van der Waals surface area (Å²) in [5, 5.41) is 0. The minimum atomic E-state index is 0.121. The number of benzene rings is 1. The second-order valence-corrected chi connectivity index (χ2v) is 6.75. The van der Waals surface area contributed by atoms with Gasteiger partial charge in [0, 0.05) is 11.3 Å². The van der Waals surface area contributed by atoms with Gasteiger partial charge in [-0.25, -0.2) is 0 Å². The van der Waals surface area contributed by atoms with E-state index in [1.54, 1.807) is 11.3 Å². The summed E-state index contributed by atoms with van der Waals surface area (Å²) in [5.41, 5.74) is 5.44. The standard InChI is InChI=1S/C15H19ClN2S/c1-10(2)11-3-5-12(6-4-11)14(18-17)9-13-7-8-15(16)19-13/h3-8,10,14,18H,9,17H2,1-2H3. The summed E-state index contributed by atoms with van der Waals surface area (Å²) >= 11 is 7.56. The van der Waals surface area contributed by atoms with Crippen molar-refractivity contribution < 1.29 is 0 Å². The van der Waals surface area contributed by atoms with Crippen molar-refractivity contribution in [2.75, 3.05) is 0 Å². The summed E-state index contributed by atoms with van der Waals surface area (Å²) in [7, 11) is 0. The Morgan fingerprint density at radius 2 is 1.74 bits per heavy atom. The SMILES string of the molecule is CC(C)c1ccc(C(Cc2ccc(Cl)s2)NN)cc1. The Morgan fingerprint density at radius 1 is 1.11 bits per heavy atom. The fourth-order valence-corrected chi connectivity index (χ4v) is 3.18. The lowest BCUT2D eigenvalue weighted by Crippen LogP contribution is -2.29. The number of hydrazine groups is 1. The number of hydrogen-bond donors (Lipinski definition) is 2.